The Morgan fingerprint density at radius 1 is 1.29 bits per heavy atom. The number of benzene rings is 1. The van der Waals surface area contributed by atoms with Crippen LogP contribution in [0.15, 0.2) is 30.4 Å². The Balaban J connectivity index is 1.77. The summed E-state index contributed by atoms with van der Waals surface area (Å²) < 4.78 is 0. The third kappa shape index (κ3) is 2.26. The van der Waals surface area contributed by atoms with E-state index in [-0.39, 0.29) is 11.8 Å². The first-order chi connectivity index (χ1) is 11.6. The minimum atomic E-state index is -0.0241. The van der Waals surface area contributed by atoms with Gasteiger partial charge in [-0.2, -0.15) is 0 Å². The quantitative estimate of drug-likeness (QED) is 0.853. The first kappa shape index (κ1) is 15.6. The first-order valence-electron chi connectivity index (χ1n) is 9.16. The van der Waals surface area contributed by atoms with Crippen LogP contribution in [0.2, 0.25) is 0 Å². The van der Waals surface area contributed by atoms with Gasteiger partial charge in [0, 0.05) is 25.7 Å². The van der Waals surface area contributed by atoms with Crippen molar-refractivity contribution in [2.24, 2.45) is 5.92 Å². The molecule has 1 aliphatic heterocycles. The maximum absolute atomic E-state index is 12.9. The molecule has 1 heterocycles. The number of likely N-dealkylation sites (N-methyl/N-ethyl adjacent to an activating group) is 1. The maximum atomic E-state index is 12.9. The average Bonchev–Trinajstić information content (AvgIpc) is 3.01. The summed E-state index contributed by atoms with van der Waals surface area (Å²) in [5, 5.41) is 0. The SMILES string of the molecule is CCN(CC)C(=O)[C@H]1C=C2c3cccc4c3C(=CC4)C[C@H]2N(C)C1. The molecule has 24 heavy (non-hydrogen) atoms. The molecule has 0 saturated heterocycles. The number of carbonyl (C=O) groups excluding carboxylic acids is 1. The van der Waals surface area contributed by atoms with E-state index in [4.69, 9.17) is 0 Å². The number of rotatable bonds is 3. The number of amides is 1. The normalized spacial score (nSPS) is 24.8. The van der Waals surface area contributed by atoms with E-state index in [1.54, 1.807) is 0 Å². The lowest BCUT2D eigenvalue weighted by Crippen LogP contribution is -2.47. The highest BCUT2D eigenvalue weighted by Gasteiger charge is 2.38. The van der Waals surface area contributed by atoms with Crippen molar-refractivity contribution in [3.8, 4) is 0 Å². The van der Waals surface area contributed by atoms with Gasteiger partial charge in [0.1, 0.15) is 0 Å². The Hall–Kier alpha value is -1.87. The lowest BCUT2D eigenvalue weighted by molar-refractivity contribution is -0.134. The monoisotopic (exact) mass is 322 g/mol. The molecular formula is C21H26N2O. The van der Waals surface area contributed by atoms with Crippen molar-refractivity contribution in [2.75, 3.05) is 26.7 Å². The summed E-state index contributed by atoms with van der Waals surface area (Å²) >= 11 is 0. The summed E-state index contributed by atoms with van der Waals surface area (Å²) in [7, 11) is 2.17. The second kappa shape index (κ2) is 5.89. The van der Waals surface area contributed by atoms with E-state index in [1.807, 2.05) is 4.90 Å². The van der Waals surface area contributed by atoms with Crippen LogP contribution >= 0.6 is 0 Å². The summed E-state index contributed by atoms with van der Waals surface area (Å²) in [6.45, 7) is 6.52. The highest BCUT2D eigenvalue weighted by molar-refractivity contribution is 5.93. The number of fused-ring (bicyclic) bond motifs is 2. The largest absolute Gasteiger partial charge is 0.343 e. The van der Waals surface area contributed by atoms with E-state index < -0.39 is 0 Å². The second-order valence-corrected chi connectivity index (χ2v) is 7.17. The van der Waals surface area contributed by atoms with Crippen LogP contribution in [0.4, 0.5) is 0 Å². The minimum absolute atomic E-state index is 0.0241. The number of nitrogens with zero attached hydrogens (tertiary/aromatic N) is 2. The van der Waals surface area contributed by atoms with Crippen LogP contribution in [0.1, 0.15) is 37.0 Å². The summed E-state index contributed by atoms with van der Waals surface area (Å²) in [6.07, 6.45) is 6.81. The van der Waals surface area contributed by atoms with Crippen LogP contribution in [0.3, 0.4) is 0 Å². The lowest BCUT2D eigenvalue weighted by atomic mass is 9.77. The van der Waals surface area contributed by atoms with Gasteiger partial charge in [-0.3, -0.25) is 9.69 Å². The predicted octanol–water partition coefficient (Wildman–Crippen LogP) is 3.21. The van der Waals surface area contributed by atoms with E-state index >= 15 is 0 Å². The van der Waals surface area contributed by atoms with Crippen LogP contribution in [0, 0.1) is 5.92 Å². The van der Waals surface area contributed by atoms with Crippen molar-refractivity contribution in [3.63, 3.8) is 0 Å². The van der Waals surface area contributed by atoms with E-state index in [2.05, 4.69) is 56.1 Å². The fourth-order valence-corrected chi connectivity index (χ4v) is 4.63. The summed E-state index contributed by atoms with van der Waals surface area (Å²) in [4.78, 5) is 17.2. The number of hydrogen-bond donors (Lipinski definition) is 0. The van der Waals surface area contributed by atoms with Gasteiger partial charge in [0.2, 0.25) is 5.91 Å². The topological polar surface area (TPSA) is 23.6 Å². The zero-order valence-electron chi connectivity index (χ0n) is 14.9. The molecule has 1 amide bonds. The van der Waals surface area contributed by atoms with Gasteiger partial charge in [-0.15, -0.1) is 0 Å². The summed E-state index contributed by atoms with van der Waals surface area (Å²) in [5.41, 5.74) is 7.12. The highest BCUT2D eigenvalue weighted by atomic mass is 16.2. The van der Waals surface area contributed by atoms with Crippen LogP contribution in [0.25, 0.3) is 11.1 Å². The molecular weight excluding hydrogens is 296 g/mol. The molecule has 0 radical (unpaired) electrons. The van der Waals surface area contributed by atoms with Crippen molar-refractivity contribution in [2.45, 2.75) is 32.7 Å². The van der Waals surface area contributed by atoms with Gasteiger partial charge in [-0.25, -0.2) is 0 Å². The van der Waals surface area contributed by atoms with E-state index in [0.29, 0.717) is 6.04 Å². The Morgan fingerprint density at radius 2 is 2.08 bits per heavy atom. The van der Waals surface area contributed by atoms with Crippen molar-refractivity contribution in [1.29, 1.82) is 0 Å². The van der Waals surface area contributed by atoms with E-state index in [9.17, 15) is 4.79 Å². The molecule has 126 valence electrons. The van der Waals surface area contributed by atoms with Gasteiger partial charge in [0.05, 0.1) is 5.92 Å². The molecule has 0 bridgehead atoms. The lowest BCUT2D eigenvalue weighted by Gasteiger charge is -2.41. The number of allylic oxidation sites excluding steroid dienone is 1. The Bertz CT molecular complexity index is 742. The molecule has 0 unspecified atom stereocenters. The molecule has 3 nitrogen and oxygen atoms in total. The van der Waals surface area contributed by atoms with Gasteiger partial charge >= 0.3 is 0 Å². The third-order valence-electron chi connectivity index (χ3n) is 5.91. The van der Waals surface area contributed by atoms with E-state index in [0.717, 1.165) is 32.5 Å². The zero-order chi connectivity index (χ0) is 16.8. The van der Waals surface area contributed by atoms with Gasteiger partial charge in [-0.1, -0.05) is 30.4 Å². The molecule has 1 aromatic rings. The Morgan fingerprint density at radius 3 is 2.83 bits per heavy atom. The zero-order valence-corrected chi connectivity index (χ0v) is 14.9. The standard InChI is InChI=1S/C21H26N2O/c1-4-23(5-2)21(24)16-11-18-17-8-6-7-14-9-10-15(20(14)17)12-19(18)22(3)13-16/h6-8,10-11,16,19H,4-5,9,12-13H2,1-3H3/t16-,19+/m0/s1. The Kier molecular flexibility index (Phi) is 3.84. The molecule has 2 atom stereocenters. The van der Waals surface area contributed by atoms with Crippen molar-refractivity contribution in [1.82, 2.24) is 9.80 Å². The molecule has 0 fully saturated rings. The fraction of sp³-hybridized carbons (Fsp3) is 0.476. The molecule has 4 rings (SSSR count). The first-order valence-corrected chi connectivity index (χ1v) is 9.16. The molecule has 1 aromatic carbocycles. The minimum Gasteiger partial charge on any atom is -0.343 e. The molecule has 3 heteroatoms. The van der Waals surface area contributed by atoms with Gasteiger partial charge < -0.3 is 4.90 Å². The van der Waals surface area contributed by atoms with Crippen molar-refractivity contribution < 1.29 is 4.79 Å². The van der Waals surface area contributed by atoms with Crippen molar-refractivity contribution >= 4 is 17.1 Å². The molecule has 2 aliphatic carbocycles. The molecule has 0 N–H and O–H groups in total. The third-order valence-corrected chi connectivity index (χ3v) is 5.91. The van der Waals surface area contributed by atoms with Crippen LogP contribution < -0.4 is 0 Å². The summed E-state index contributed by atoms with van der Waals surface area (Å²) in [5.74, 6) is 0.246. The van der Waals surface area contributed by atoms with Crippen LogP contribution in [-0.2, 0) is 11.2 Å². The average molecular weight is 322 g/mol. The van der Waals surface area contributed by atoms with Crippen molar-refractivity contribution in [3.05, 3.63) is 47.0 Å². The second-order valence-electron chi connectivity index (χ2n) is 7.17. The smallest absolute Gasteiger partial charge is 0.230 e. The van der Waals surface area contributed by atoms with Gasteiger partial charge in [0.15, 0.2) is 0 Å². The number of carbonyl (C=O) groups is 1. The predicted molar refractivity (Wildman–Crippen MR) is 98.6 cm³/mol. The molecule has 0 spiro atoms. The maximum Gasteiger partial charge on any atom is 0.230 e. The molecule has 0 saturated carbocycles. The summed E-state index contributed by atoms with van der Waals surface area (Å²) in [6, 6.07) is 7.07. The Labute approximate surface area is 144 Å². The van der Waals surface area contributed by atoms with Crippen LogP contribution in [-0.4, -0.2) is 48.4 Å². The van der Waals surface area contributed by atoms with Gasteiger partial charge in [0.25, 0.3) is 0 Å². The highest BCUT2D eigenvalue weighted by Crippen LogP contribution is 2.46. The molecule has 3 aliphatic rings. The molecule has 0 aromatic heterocycles. The van der Waals surface area contributed by atoms with Gasteiger partial charge in [-0.05, 0) is 61.6 Å². The van der Waals surface area contributed by atoms with E-state index in [1.165, 1.54) is 27.8 Å². The number of hydrogen-bond acceptors (Lipinski definition) is 2. The fourth-order valence-electron chi connectivity index (χ4n) is 4.63. The van der Waals surface area contributed by atoms with Crippen LogP contribution in [0.5, 0.6) is 0 Å².